The second-order valence-electron chi connectivity index (χ2n) is 3.57. The van der Waals surface area contributed by atoms with Crippen molar-refractivity contribution in [1.82, 2.24) is 9.78 Å². The number of Topliss-reactive ketones (excluding diaryl/α,β-unsaturated/α-hetero) is 1. The first kappa shape index (κ1) is 11.4. The third-order valence-electron chi connectivity index (χ3n) is 2.01. The van der Waals surface area contributed by atoms with E-state index in [1.165, 1.54) is 0 Å². The van der Waals surface area contributed by atoms with Gasteiger partial charge in [-0.25, -0.2) is 0 Å². The summed E-state index contributed by atoms with van der Waals surface area (Å²) in [5.41, 5.74) is 0.478. The first-order valence-electron chi connectivity index (χ1n) is 4.81. The summed E-state index contributed by atoms with van der Waals surface area (Å²) >= 11 is 0. The zero-order valence-electron chi connectivity index (χ0n) is 8.80. The van der Waals surface area contributed by atoms with E-state index in [0.29, 0.717) is 5.69 Å². The fourth-order valence-electron chi connectivity index (χ4n) is 1.30. The maximum absolute atomic E-state index is 11.6. The summed E-state index contributed by atoms with van der Waals surface area (Å²) in [5, 5.41) is 12.5. The molecule has 1 rings (SSSR count). The Morgan fingerprint density at radius 2 is 2.13 bits per heavy atom. The van der Waals surface area contributed by atoms with E-state index in [2.05, 4.69) is 5.10 Å². The summed E-state index contributed by atoms with van der Waals surface area (Å²) in [6.45, 7) is 3.84. The van der Waals surface area contributed by atoms with Crippen LogP contribution in [0.5, 0.6) is 0 Å². The Bertz CT molecular complexity index is 368. The average Bonchev–Trinajstić information content (AvgIpc) is 2.62. The smallest absolute Gasteiger partial charge is 0.303 e. The van der Waals surface area contributed by atoms with Crippen LogP contribution in [0.3, 0.4) is 0 Å². The Morgan fingerprint density at radius 3 is 2.67 bits per heavy atom. The van der Waals surface area contributed by atoms with E-state index in [9.17, 15) is 9.59 Å². The quantitative estimate of drug-likeness (QED) is 0.748. The zero-order valence-corrected chi connectivity index (χ0v) is 8.80. The molecule has 0 atom stereocenters. The van der Waals surface area contributed by atoms with E-state index < -0.39 is 5.97 Å². The molecule has 1 aromatic rings. The van der Waals surface area contributed by atoms with Crippen molar-refractivity contribution < 1.29 is 14.7 Å². The molecule has 0 bridgehead atoms. The standard InChI is InChI=1S/C10H14N2O3/c1-7(2)12-8(5-6-11-12)9(13)3-4-10(14)15/h5-7H,3-4H2,1-2H3,(H,14,15). The predicted octanol–water partition coefficient (Wildman–Crippen LogP) is 1.51. The van der Waals surface area contributed by atoms with Gasteiger partial charge in [-0.3, -0.25) is 14.3 Å². The summed E-state index contributed by atoms with van der Waals surface area (Å²) in [6.07, 6.45) is 1.43. The van der Waals surface area contributed by atoms with Gasteiger partial charge in [0.2, 0.25) is 0 Å². The van der Waals surface area contributed by atoms with Crippen molar-refractivity contribution in [3.8, 4) is 0 Å². The second kappa shape index (κ2) is 4.72. The summed E-state index contributed by atoms with van der Waals surface area (Å²) in [6, 6.07) is 1.72. The topological polar surface area (TPSA) is 72.2 Å². The Balaban J connectivity index is 2.73. The molecule has 0 fully saturated rings. The van der Waals surface area contributed by atoms with Crippen molar-refractivity contribution in [2.75, 3.05) is 0 Å². The van der Waals surface area contributed by atoms with Gasteiger partial charge in [-0.2, -0.15) is 5.10 Å². The molecule has 0 aliphatic heterocycles. The lowest BCUT2D eigenvalue weighted by Crippen LogP contribution is -2.13. The summed E-state index contributed by atoms with van der Waals surface area (Å²) in [7, 11) is 0. The molecule has 82 valence electrons. The molecule has 5 heteroatoms. The minimum Gasteiger partial charge on any atom is -0.481 e. The molecule has 0 saturated carbocycles. The molecule has 0 aliphatic rings. The number of hydrogen-bond donors (Lipinski definition) is 1. The largest absolute Gasteiger partial charge is 0.481 e. The molecule has 0 radical (unpaired) electrons. The van der Waals surface area contributed by atoms with Crippen molar-refractivity contribution in [2.45, 2.75) is 32.7 Å². The van der Waals surface area contributed by atoms with Crippen LogP contribution in [-0.2, 0) is 4.79 Å². The summed E-state index contributed by atoms with van der Waals surface area (Å²) in [4.78, 5) is 21.9. The molecule has 0 aliphatic carbocycles. The first-order chi connectivity index (χ1) is 7.02. The van der Waals surface area contributed by atoms with Crippen molar-refractivity contribution in [2.24, 2.45) is 0 Å². The van der Waals surface area contributed by atoms with E-state index in [4.69, 9.17) is 5.11 Å². The fourth-order valence-corrected chi connectivity index (χ4v) is 1.30. The summed E-state index contributed by atoms with van der Waals surface area (Å²) in [5.74, 6) is -1.14. The summed E-state index contributed by atoms with van der Waals surface area (Å²) < 4.78 is 1.60. The Hall–Kier alpha value is -1.65. The third kappa shape index (κ3) is 2.90. The third-order valence-corrected chi connectivity index (χ3v) is 2.01. The van der Waals surface area contributed by atoms with E-state index in [1.54, 1.807) is 16.9 Å². The number of rotatable bonds is 5. The molecule has 1 heterocycles. The van der Waals surface area contributed by atoms with Crippen LogP contribution in [0.1, 0.15) is 43.2 Å². The number of carboxylic acids is 1. The van der Waals surface area contributed by atoms with Crippen LogP contribution in [0.2, 0.25) is 0 Å². The molecule has 0 amide bonds. The van der Waals surface area contributed by atoms with Crippen LogP contribution < -0.4 is 0 Å². The van der Waals surface area contributed by atoms with Crippen molar-refractivity contribution in [3.05, 3.63) is 18.0 Å². The lowest BCUT2D eigenvalue weighted by Gasteiger charge is -2.09. The van der Waals surface area contributed by atoms with E-state index in [1.807, 2.05) is 13.8 Å². The second-order valence-corrected chi connectivity index (χ2v) is 3.57. The van der Waals surface area contributed by atoms with E-state index >= 15 is 0 Å². The van der Waals surface area contributed by atoms with Crippen LogP contribution in [0.25, 0.3) is 0 Å². The minimum absolute atomic E-state index is 0.0216. The normalized spacial score (nSPS) is 10.6. The zero-order chi connectivity index (χ0) is 11.4. The van der Waals surface area contributed by atoms with Crippen molar-refractivity contribution in [1.29, 1.82) is 0 Å². The minimum atomic E-state index is -0.959. The molecule has 15 heavy (non-hydrogen) atoms. The molecular formula is C10H14N2O3. The number of aromatic nitrogens is 2. The lowest BCUT2D eigenvalue weighted by molar-refractivity contribution is -0.136. The van der Waals surface area contributed by atoms with E-state index in [0.717, 1.165) is 0 Å². The Kier molecular flexibility index (Phi) is 3.60. The highest BCUT2D eigenvalue weighted by atomic mass is 16.4. The average molecular weight is 210 g/mol. The van der Waals surface area contributed by atoms with Gasteiger partial charge >= 0.3 is 5.97 Å². The first-order valence-corrected chi connectivity index (χ1v) is 4.81. The van der Waals surface area contributed by atoms with Crippen LogP contribution in [0.4, 0.5) is 0 Å². The highest BCUT2D eigenvalue weighted by Crippen LogP contribution is 2.10. The maximum Gasteiger partial charge on any atom is 0.303 e. The monoisotopic (exact) mass is 210 g/mol. The van der Waals surface area contributed by atoms with Crippen LogP contribution in [0, 0.1) is 0 Å². The van der Waals surface area contributed by atoms with Gasteiger partial charge in [0.25, 0.3) is 0 Å². The molecule has 0 aromatic carbocycles. The van der Waals surface area contributed by atoms with Crippen molar-refractivity contribution in [3.63, 3.8) is 0 Å². The Morgan fingerprint density at radius 1 is 1.47 bits per heavy atom. The van der Waals surface area contributed by atoms with E-state index in [-0.39, 0.29) is 24.7 Å². The molecule has 1 N–H and O–H groups in total. The number of hydrogen-bond acceptors (Lipinski definition) is 3. The molecular weight excluding hydrogens is 196 g/mol. The molecule has 5 nitrogen and oxygen atoms in total. The van der Waals surface area contributed by atoms with Gasteiger partial charge in [0.05, 0.1) is 6.42 Å². The number of ketones is 1. The van der Waals surface area contributed by atoms with Crippen LogP contribution in [0.15, 0.2) is 12.3 Å². The SMILES string of the molecule is CC(C)n1nccc1C(=O)CCC(=O)O. The molecule has 1 aromatic heterocycles. The van der Waals surface area contributed by atoms with Crippen molar-refractivity contribution >= 4 is 11.8 Å². The molecule has 0 unspecified atom stereocenters. The molecule has 0 saturated heterocycles. The number of carboxylic acid groups (broad SMARTS) is 1. The van der Waals surface area contributed by atoms with Gasteiger partial charge < -0.3 is 5.11 Å². The van der Waals surface area contributed by atoms with Crippen LogP contribution in [-0.4, -0.2) is 26.6 Å². The number of carbonyl (C=O) groups excluding carboxylic acids is 1. The predicted molar refractivity (Wildman–Crippen MR) is 53.8 cm³/mol. The van der Waals surface area contributed by atoms with Gasteiger partial charge in [-0.1, -0.05) is 0 Å². The highest BCUT2D eigenvalue weighted by molar-refractivity contribution is 5.95. The fraction of sp³-hybridized carbons (Fsp3) is 0.500. The number of nitrogens with zero attached hydrogens (tertiary/aromatic N) is 2. The van der Waals surface area contributed by atoms with Crippen LogP contribution >= 0.6 is 0 Å². The van der Waals surface area contributed by atoms with Gasteiger partial charge in [0, 0.05) is 18.7 Å². The van der Waals surface area contributed by atoms with Gasteiger partial charge in [0.15, 0.2) is 5.78 Å². The number of aliphatic carboxylic acids is 1. The lowest BCUT2D eigenvalue weighted by atomic mass is 10.1. The number of carbonyl (C=O) groups is 2. The van der Waals surface area contributed by atoms with Gasteiger partial charge in [0.1, 0.15) is 5.69 Å². The van der Waals surface area contributed by atoms with Gasteiger partial charge in [-0.15, -0.1) is 0 Å². The Labute approximate surface area is 87.7 Å². The maximum atomic E-state index is 11.6. The van der Waals surface area contributed by atoms with Gasteiger partial charge in [-0.05, 0) is 19.9 Å². The molecule has 0 spiro atoms. The highest BCUT2D eigenvalue weighted by Gasteiger charge is 2.14.